The summed E-state index contributed by atoms with van der Waals surface area (Å²) in [5.74, 6) is 0. The van der Waals surface area contributed by atoms with Gasteiger partial charge in [0, 0.05) is 6.54 Å². The Hall–Kier alpha value is -1.42. The summed E-state index contributed by atoms with van der Waals surface area (Å²) in [5, 5.41) is 2.35. The lowest BCUT2D eigenvalue weighted by Gasteiger charge is -2.14. The van der Waals surface area contributed by atoms with Gasteiger partial charge in [0.15, 0.2) is 0 Å². The van der Waals surface area contributed by atoms with E-state index < -0.39 is 6.17 Å². The van der Waals surface area contributed by atoms with Crippen LogP contribution in [0, 0.1) is 6.92 Å². The summed E-state index contributed by atoms with van der Waals surface area (Å²) in [5.41, 5.74) is 2.44. The van der Waals surface area contributed by atoms with E-state index in [4.69, 9.17) is 0 Å². The number of aromatic nitrogens is 1. The molecule has 1 saturated heterocycles. The molecule has 2 aromatic rings. The average molecular weight is 304 g/mol. The normalized spacial score (nSPS) is 18.4. The Morgan fingerprint density at radius 1 is 1.29 bits per heavy atom. The highest BCUT2D eigenvalue weighted by Gasteiger charge is 2.25. The number of anilines is 1. The smallest absolute Gasteiger partial charge is 0.119 e. The molecule has 3 rings (SSSR count). The summed E-state index contributed by atoms with van der Waals surface area (Å²) in [6.45, 7) is 3.40. The van der Waals surface area contributed by atoms with Gasteiger partial charge in [-0.25, -0.2) is 9.37 Å². The molecule has 4 heteroatoms. The summed E-state index contributed by atoms with van der Waals surface area (Å²) in [4.78, 5) is 6.82. The second-order valence-electron chi connectivity index (χ2n) is 5.67. The minimum absolute atomic E-state index is 0.534. The van der Waals surface area contributed by atoms with Gasteiger partial charge in [-0.2, -0.15) is 0 Å². The number of hydrogen-bond acceptors (Lipinski definition) is 3. The molecule has 0 spiro atoms. The van der Waals surface area contributed by atoms with Crippen LogP contribution in [0.15, 0.2) is 30.3 Å². The molecule has 1 aromatic heterocycles. The van der Waals surface area contributed by atoms with Gasteiger partial charge >= 0.3 is 0 Å². The van der Waals surface area contributed by atoms with E-state index in [1.54, 1.807) is 11.3 Å². The topological polar surface area (TPSA) is 16.1 Å². The van der Waals surface area contributed by atoms with Crippen LogP contribution in [0.25, 0.3) is 0 Å². The van der Waals surface area contributed by atoms with Gasteiger partial charge < -0.3 is 4.90 Å². The van der Waals surface area contributed by atoms with E-state index in [1.807, 2.05) is 13.0 Å². The van der Waals surface area contributed by atoms with E-state index in [1.165, 1.54) is 15.6 Å². The molecule has 1 unspecified atom stereocenters. The Bertz CT molecular complexity index is 582. The Labute approximate surface area is 129 Å². The molecule has 0 amide bonds. The van der Waals surface area contributed by atoms with Crippen LogP contribution in [0.1, 0.15) is 29.1 Å². The van der Waals surface area contributed by atoms with Gasteiger partial charge in [0.1, 0.15) is 11.2 Å². The summed E-state index contributed by atoms with van der Waals surface area (Å²) < 4.78 is 13.3. The van der Waals surface area contributed by atoms with E-state index in [0.717, 1.165) is 31.5 Å². The number of benzene rings is 1. The van der Waals surface area contributed by atoms with Crippen molar-refractivity contribution in [1.29, 1.82) is 0 Å². The quantitative estimate of drug-likeness (QED) is 0.824. The monoisotopic (exact) mass is 304 g/mol. The third-order valence-electron chi connectivity index (χ3n) is 3.93. The van der Waals surface area contributed by atoms with Crippen molar-refractivity contribution in [2.45, 2.75) is 38.8 Å². The van der Waals surface area contributed by atoms with Crippen molar-refractivity contribution in [2.75, 3.05) is 18.0 Å². The molecule has 1 aromatic carbocycles. The van der Waals surface area contributed by atoms with Crippen LogP contribution in [0.3, 0.4) is 0 Å². The largest absolute Gasteiger partial charge is 0.359 e. The number of aryl methyl sites for hydroxylation is 3. The first-order chi connectivity index (χ1) is 10.2. The van der Waals surface area contributed by atoms with Crippen LogP contribution in [0.4, 0.5) is 9.39 Å². The maximum absolute atomic E-state index is 13.3. The molecule has 0 bridgehead atoms. The molecule has 0 radical (unpaired) electrons. The molecule has 2 heterocycles. The third kappa shape index (κ3) is 3.62. The van der Waals surface area contributed by atoms with Gasteiger partial charge in [0.2, 0.25) is 0 Å². The molecule has 0 N–H and O–H groups in total. The lowest BCUT2D eigenvalue weighted by atomic mass is 10.1. The Kier molecular flexibility index (Phi) is 4.54. The molecular weight excluding hydrogens is 283 g/mol. The van der Waals surface area contributed by atoms with Crippen LogP contribution in [-0.2, 0) is 12.8 Å². The van der Waals surface area contributed by atoms with Crippen molar-refractivity contribution in [1.82, 2.24) is 4.98 Å². The predicted molar refractivity (Wildman–Crippen MR) is 87.0 cm³/mol. The van der Waals surface area contributed by atoms with Crippen LogP contribution >= 0.6 is 11.3 Å². The van der Waals surface area contributed by atoms with Crippen LogP contribution in [0.5, 0.6) is 0 Å². The fourth-order valence-corrected chi connectivity index (χ4v) is 3.97. The first kappa shape index (κ1) is 14.5. The Balaban J connectivity index is 1.57. The van der Waals surface area contributed by atoms with Crippen LogP contribution < -0.4 is 4.90 Å². The fourth-order valence-electron chi connectivity index (χ4n) is 2.83. The predicted octanol–water partition coefficient (Wildman–Crippen LogP) is 4.18. The van der Waals surface area contributed by atoms with Crippen LogP contribution in [-0.4, -0.2) is 24.2 Å². The van der Waals surface area contributed by atoms with Gasteiger partial charge in [0.05, 0.1) is 17.2 Å². The summed E-state index contributed by atoms with van der Waals surface area (Å²) in [6.07, 6.45) is 3.19. The highest BCUT2D eigenvalue weighted by molar-refractivity contribution is 7.15. The third-order valence-corrected chi connectivity index (χ3v) is 5.21. The van der Waals surface area contributed by atoms with Crippen LogP contribution in [0.2, 0.25) is 0 Å². The van der Waals surface area contributed by atoms with Crippen molar-refractivity contribution in [3.05, 3.63) is 46.6 Å². The van der Waals surface area contributed by atoms with E-state index in [2.05, 4.69) is 34.1 Å². The molecular formula is C17H21FN2S. The second kappa shape index (κ2) is 6.56. The van der Waals surface area contributed by atoms with Crippen molar-refractivity contribution in [3.8, 4) is 0 Å². The number of thiazole rings is 1. The maximum Gasteiger partial charge on any atom is 0.119 e. The second-order valence-corrected chi connectivity index (χ2v) is 6.73. The highest BCUT2D eigenvalue weighted by atomic mass is 32.1. The summed E-state index contributed by atoms with van der Waals surface area (Å²) in [6, 6.07) is 10.6. The van der Waals surface area contributed by atoms with Gasteiger partial charge in [-0.3, -0.25) is 0 Å². The van der Waals surface area contributed by atoms with E-state index in [-0.39, 0.29) is 0 Å². The minimum atomic E-state index is -0.673. The molecule has 0 saturated carbocycles. The minimum Gasteiger partial charge on any atom is -0.359 e. The van der Waals surface area contributed by atoms with Crippen molar-refractivity contribution in [3.63, 3.8) is 0 Å². The zero-order valence-corrected chi connectivity index (χ0v) is 13.2. The van der Waals surface area contributed by atoms with Crippen molar-refractivity contribution in [2.24, 2.45) is 0 Å². The molecule has 1 atom stereocenters. The van der Waals surface area contributed by atoms with E-state index in [0.29, 0.717) is 13.0 Å². The van der Waals surface area contributed by atoms with Gasteiger partial charge in [-0.1, -0.05) is 30.3 Å². The molecule has 0 aliphatic carbocycles. The molecule has 2 nitrogen and oxygen atoms in total. The molecule has 21 heavy (non-hydrogen) atoms. The molecule has 1 aliphatic heterocycles. The lowest BCUT2D eigenvalue weighted by molar-refractivity contribution is 0.364. The summed E-state index contributed by atoms with van der Waals surface area (Å²) in [7, 11) is 0. The zero-order valence-electron chi connectivity index (χ0n) is 12.4. The number of nitrogens with zero attached hydrogens (tertiary/aromatic N) is 2. The number of rotatable bonds is 5. The van der Waals surface area contributed by atoms with Crippen molar-refractivity contribution < 1.29 is 4.39 Å². The first-order valence-corrected chi connectivity index (χ1v) is 8.43. The number of halogens is 1. The van der Waals surface area contributed by atoms with E-state index in [9.17, 15) is 4.39 Å². The highest BCUT2D eigenvalue weighted by Crippen LogP contribution is 2.32. The average Bonchev–Trinajstić information content (AvgIpc) is 3.06. The van der Waals surface area contributed by atoms with Gasteiger partial charge in [-0.05, 0) is 38.2 Å². The molecule has 112 valence electrons. The number of alkyl halides is 1. The molecule has 1 aliphatic rings. The SMILES string of the molecule is Cc1nc(CCCc2ccccc2)sc1N1CCC(F)C1. The first-order valence-electron chi connectivity index (χ1n) is 7.61. The maximum atomic E-state index is 13.3. The lowest BCUT2D eigenvalue weighted by Crippen LogP contribution is -2.19. The number of hydrogen-bond donors (Lipinski definition) is 0. The standard InChI is InChI=1S/C17H21FN2S/c1-13-17(20-11-10-15(18)12-20)21-16(19-13)9-5-8-14-6-3-2-4-7-14/h2-4,6-7,15H,5,8-12H2,1H3. The van der Waals surface area contributed by atoms with Gasteiger partial charge in [0.25, 0.3) is 0 Å². The Morgan fingerprint density at radius 2 is 2.10 bits per heavy atom. The Morgan fingerprint density at radius 3 is 2.81 bits per heavy atom. The van der Waals surface area contributed by atoms with E-state index >= 15 is 0 Å². The van der Waals surface area contributed by atoms with Crippen molar-refractivity contribution >= 4 is 16.3 Å². The summed E-state index contributed by atoms with van der Waals surface area (Å²) >= 11 is 1.74. The zero-order chi connectivity index (χ0) is 14.7. The fraction of sp³-hybridized carbons (Fsp3) is 0.471. The van der Waals surface area contributed by atoms with Gasteiger partial charge in [-0.15, -0.1) is 11.3 Å². The molecule has 1 fully saturated rings.